The van der Waals surface area contributed by atoms with Gasteiger partial charge in [-0.3, -0.25) is 0 Å². The van der Waals surface area contributed by atoms with Crippen LogP contribution in [0.5, 0.6) is 5.75 Å². The average Bonchev–Trinajstić information content (AvgIpc) is 2.47. The van der Waals surface area contributed by atoms with Crippen molar-refractivity contribution in [3.63, 3.8) is 0 Å². The van der Waals surface area contributed by atoms with Gasteiger partial charge in [0.1, 0.15) is 11.3 Å². The summed E-state index contributed by atoms with van der Waals surface area (Å²) >= 11 is 3.66. The Morgan fingerprint density at radius 1 is 1.24 bits per heavy atom. The van der Waals surface area contributed by atoms with E-state index in [0.717, 1.165) is 10.9 Å². The molecular formula is C16H19BrO4. The first-order valence-corrected chi connectivity index (χ1v) is 7.59. The molecule has 5 heteroatoms. The van der Waals surface area contributed by atoms with Crippen LogP contribution < -0.4 is 10.4 Å². The molecule has 2 aromatic rings. The van der Waals surface area contributed by atoms with Crippen LogP contribution in [-0.2, 0) is 11.2 Å². The lowest BCUT2D eigenvalue weighted by Gasteiger charge is -2.29. The Bertz CT molecular complexity index is 690. The number of rotatable bonds is 5. The number of fused-ring (bicyclic) bond motifs is 1. The van der Waals surface area contributed by atoms with E-state index >= 15 is 0 Å². The average molecular weight is 355 g/mol. The fourth-order valence-electron chi connectivity index (χ4n) is 2.11. The highest BCUT2D eigenvalue weighted by Gasteiger charge is 2.29. The second kappa shape index (κ2) is 6.20. The van der Waals surface area contributed by atoms with E-state index in [9.17, 15) is 4.79 Å². The molecule has 1 aromatic carbocycles. The van der Waals surface area contributed by atoms with Gasteiger partial charge < -0.3 is 13.9 Å². The van der Waals surface area contributed by atoms with E-state index in [2.05, 4.69) is 15.9 Å². The van der Waals surface area contributed by atoms with E-state index in [-0.39, 0.29) is 16.1 Å². The summed E-state index contributed by atoms with van der Waals surface area (Å²) in [7, 11) is 3.28. The summed E-state index contributed by atoms with van der Waals surface area (Å²) in [6, 6.07) is 6.95. The molecule has 114 valence electrons. The first-order valence-electron chi connectivity index (χ1n) is 6.68. The number of hydrogen-bond acceptors (Lipinski definition) is 4. The van der Waals surface area contributed by atoms with Crippen molar-refractivity contribution in [2.24, 2.45) is 0 Å². The van der Waals surface area contributed by atoms with Crippen LogP contribution in [0, 0.1) is 0 Å². The summed E-state index contributed by atoms with van der Waals surface area (Å²) in [5.74, 6) is 0.702. The molecule has 0 unspecified atom stereocenters. The quantitative estimate of drug-likeness (QED) is 0.608. The molecule has 0 bridgehead atoms. The predicted molar refractivity (Wildman–Crippen MR) is 86.5 cm³/mol. The van der Waals surface area contributed by atoms with Gasteiger partial charge >= 0.3 is 5.63 Å². The van der Waals surface area contributed by atoms with Crippen molar-refractivity contribution < 1.29 is 13.9 Å². The van der Waals surface area contributed by atoms with Gasteiger partial charge in [0, 0.05) is 29.0 Å². The standard InChI is InChI=1S/C16H19BrO4/c1-16(2,20-4)13(17)9-11-12(19-3)7-5-10-6-8-14(18)21-15(10)11/h5-8,13H,9H2,1-4H3/t13-/m1/s1. The van der Waals surface area contributed by atoms with Crippen molar-refractivity contribution in [3.05, 3.63) is 40.2 Å². The molecule has 0 aliphatic rings. The van der Waals surface area contributed by atoms with Crippen molar-refractivity contribution in [1.82, 2.24) is 0 Å². The number of methoxy groups -OCH3 is 2. The van der Waals surface area contributed by atoms with Gasteiger partial charge in [0.25, 0.3) is 0 Å². The number of hydrogen-bond donors (Lipinski definition) is 0. The second-order valence-electron chi connectivity index (χ2n) is 5.40. The Hall–Kier alpha value is -1.33. The van der Waals surface area contributed by atoms with Crippen LogP contribution in [0.4, 0.5) is 0 Å². The summed E-state index contributed by atoms with van der Waals surface area (Å²) in [5, 5.41) is 0.875. The van der Waals surface area contributed by atoms with Gasteiger partial charge in [0.2, 0.25) is 0 Å². The summed E-state index contributed by atoms with van der Waals surface area (Å²) in [4.78, 5) is 11.6. The highest BCUT2D eigenvalue weighted by Crippen LogP contribution is 2.33. The van der Waals surface area contributed by atoms with Crippen LogP contribution in [0.2, 0.25) is 0 Å². The van der Waals surface area contributed by atoms with Crippen LogP contribution in [0.15, 0.2) is 33.5 Å². The molecule has 0 aliphatic carbocycles. The summed E-state index contributed by atoms with van der Waals surface area (Å²) in [5.41, 5.74) is 0.703. The highest BCUT2D eigenvalue weighted by molar-refractivity contribution is 9.09. The zero-order valence-corrected chi connectivity index (χ0v) is 14.2. The van der Waals surface area contributed by atoms with Crippen LogP contribution in [-0.4, -0.2) is 24.6 Å². The van der Waals surface area contributed by atoms with Crippen LogP contribution in [0.3, 0.4) is 0 Å². The van der Waals surface area contributed by atoms with Crippen LogP contribution >= 0.6 is 15.9 Å². The first-order chi connectivity index (χ1) is 9.89. The van der Waals surface area contributed by atoms with Crippen molar-refractivity contribution in [2.75, 3.05) is 14.2 Å². The molecule has 0 N–H and O–H groups in total. The fraction of sp³-hybridized carbons (Fsp3) is 0.438. The van der Waals surface area contributed by atoms with Crippen molar-refractivity contribution in [2.45, 2.75) is 30.7 Å². The summed E-state index contributed by atoms with van der Waals surface area (Å²) in [6.07, 6.45) is 0.619. The highest BCUT2D eigenvalue weighted by atomic mass is 79.9. The van der Waals surface area contributed by atoms with Gasteiger partial charge in [-0.1, -0.05) is 15.9 Å². The maximum atomic E-state index is 11.5. The largest absolute Gasteiger partial charge is 0.496 e. The Kier molecular flexibility index (Phi) is 4.74. The van der Waals surface area contributed by atoms with E-state index < -0.39 is 0 Å². The monoisotopic (exact) mass is 354 g/mol. The maximum Gasteiger partial charge on any atom is 0.336 e. The van der Waals surface area contributed by atoms with Crippen LogP contribution in [0.1, 0.15) is 19.4 Å². The molecular weight excluding hydrogens is 336 g/mol. The van der Waals surface area contributed by atoms with E-state index in [0.29, 0.717) is 17.8 Å². The lowest BCUT2D eigenvalue weighted by molar-refractivity contribution is 0.0225. The normalized spacial score (nSPS) is 13.4. The van der Waals surface area contributed by atoms with E-state index in [4.69, 9.17) is 13.9 Å². The maximum absolute atomic E-state index is 11.5. The molecule has 0 saturated carbocycles. The predicted octanol–water partition coefficient (Wildman–Crippen LogP) is 3.53. The minimum absolute atomic E-state index is 0.0417. The zero-order valence-electron chi connectivity index (χ0n) is 12.6. The van der Waals surface area contributed by atoms with E-state index in [1.165, 1.54) is 6.07 Å². The van der Waals surface area contributed by atoms with Gasteiger partial charge in [-0.25, -0.2) is 4.79 Å². The van der Waals surface area contributed by atoms with E-state index in [1.807, 2.05) is 26.0 Å². The number of benzene rings is 1. The third kappa shape index (κ3) is 3.30. The SMILES string of the molecule is COc1ccc2ccc(=O)oc2c1C[C@@H](Br)C(C)(C)OC. The molecule has 0 fully saturated rings. The lowest BCUT2D eigenvalue weighted by Crippen LogP contribution is -2.35. The molecule has 0 spiro atoms. The molecule has 0 radical (unpaired) electrons. The Labute approximate surface area is 132 Å². The molecule has 4 nitrogen and oxygen atoms in total. The van der Waals surface area contributed by atoms with Gasteiger partial charge in [0.05, 0.1) is 12.7 Å². The molecule has 0 aliphatic heterocycles. The van der Waals surface area contributed by atoms with Gasteiger partial charge in [0.15, 0.2) is 0 Å². The molecule has 1 atom stereocenters. The third-order valence-corrected chi connectivity index (χ3v) is 5.16. The third-order valence-electron chi connectivity index (χ3n) is 3.73. The Morgan fingerprint density at radius 2 is 1.90 bits per heavy atom. The molecule has 21 heavy (non-hydrogen) atoms. The molecule has 1 aromatic heterocycles. The zero-order chi connectivity index (χ0) is 15.6. The summed E-state index contributed by atoms with van der Waals surface area (Å²) in [6.45, 7) is 4.00. The minimum Gasteiger partial charge on any atom is -0.496 e. The number of ether oxygens (including phenoxy) is 2. The molecule has 0 amide bonds. The van der Waals surface area contributed by atoms with Crippen molar-refractivity contribution in [3.8, 4) is 5.75 Å². The first kappa shape index (κ1) is 16.0. The van der Waals surface area contributed by atoms with E-state index in [1.54, 1.807) is 20.3 Å². The molecule has 1 heterocycles. The van der Waals surface area contributed by atoms with Gasteiger partial charge in [-0.2, -0.15) is 0 Å². The number of halogens is 1. The molecule has 0 saturated heterocycles. The van der Waals surface area contributed by atoms with Crippen molar-refractivity contribution >= 4 is 26.9 Å². The van der Waals surface area contributed by atoms with Crippen molar-refractivity contribution in [1.29, 1.82) is 0 Å². The minimum atomic E-state index is -0.367. The second-order valence-corrected chi connectivity index (χ2v) is 6.50. The van der Waals surface area contributed by atoms with Gasteiger partial charge in [-0.15, -0.1) is 0 Å². The summed E-state index contributed by atoms with van der Waals surface area (Å²) < 4.78 is 16.3. The topological polar surface area (TPSA) is 48.7 Å². The molecule has 2 rings (SSSR count). The Balaban J connectivity index is 2.55. The van der Waals surface area contributed by atoms with Gasteiger partial charge in [-0.05, 0) is 38.5 Å². The smallest absolute Gasteiger partial charge is 0.336 e. The Morgan fingerprint density at radius 3 is 2.52 bits per heavy atom. The lowest BCUT2D eigenvalue weighted by atomic mass is 9.96. The fourth-order valence-corrected chi connectivity index (χ4v) is 2.62. The van der Waals surface area contributed by atoms with Crippen LogP contribution in [0.25, 0.3) is 11.0 Å². The number of alkyl halides is 1.